The van der Waals surface area contributed by atoms with E-state index in [2.05, 4.69) is 11.9 Å². The molecule has 0 amide bonds. The maximum absolute atomic E-state index is 6.09. The van der Waals surface area contributed by atoms with E-state index in [0.717, 1.165) is 17.7 Å². The minimum atomic E-state index is -0.264. The van der Waals surface area contributed by atoms with Gasteiger partial charge in [-0.1, -0.05) is 19.1 Å². The van der Waals surface area contributed by atoms with Gasteiger partial charge in [-0.2, -0.15) is 0 Å². The largest absolute Gasteiger partial charge is 0.493 e. The van der Waals surface area contributed by atoms with Crippen molar-refractivity contribution in [1.82, 2.24) is 4.98 Å². The second kappa shape index (κ2) is 7.09. The van der Waals surface area contributed by atoms with Crippen molar-refractivity contribution in [1.29, 1.82) is 0 Å². The van der Waals surface area contributed by atoms with Crippen LogP contribution in [-0.2, 0) is 6.42 Å². The SMILES string of the molecule is CCc1ccc(OC(c2cccnc2)C(C)N)c(OC)c1. The summed E-state index contributed by atoms with van der Waals surface area (Å²) >= 11 is 0. The summed E-state index contributed by atoms with van der Waals surface area (Å²) in [5.74, 6) is 1.42. The highest BCUT2D eigenvalue weighted by molar-refractivity contribution is 5.43. The second-order valence-electron chi connectivity index (χ2n) is 5.02. The standard InChI is InChI=1S/C17H22N2O2/c1-4-13-7-8-15(16(10-13)20-3)21-17(12(2)18)14-6-5-9-19-11-14/h5-12,17H,4,18H2,1-3H3. The van der Waals surface area contributed by atoms with Crippen LogP contribution in [-0.4, -0.2) is 18.1 Å². The lowest BCUT2D eigenvalue weighted by molar-refractivity contribution is 0.173. The molecule has 0 aliphatic heterocycles. The highest BCUT2D eigenvalue weighted by atomic mass is 16.5. The second-order valence-corrected chi connectivity index (χ2v) is 5.02. The number of hydrogen-bond acceptors (Lipinski definition) is 4. The Kier molecular flexibility index (Phi) is 5.17. The number of methoxy groups -OCH3 is 1. The maximum Gasteiger partial charge on any atom is 0.162 e. The van der Waals surface area contributed by atoms with E-state index < -0.39 is 0 Å². The normalized spacial score (nSPS) is 13.5. The van der Waals surface area contributed by atoms with E-state index in [1.54, 1.807) is 19.5 Å². The summed E-state index contributed by atoms with van der Waals surface area (Å²) in [7, 11) is 1.65. The van der Waals surface area contributed by atoms with E-state index in [0.29, 0.717) is 5.75 Å². The van der Waals surface area contributed by atoms with Gasteiger partial charge in [0.05, 0.1) is 7.11 Å². The zero-order valence-corrected chi connectivity index (χ0v) is 12.7. The van der Waals surface area contributed by atoms with Gasteiger partial charge in [0.1, 0.15) is 6.10 Å². The number of nitrogens with zero attached hydrogens (tertiary/aromatic N) is 1. The number of benzene rings is 1. The zero-order chi connectivity index (χ0) is 15.2. The highest BCUT2D eigenvalue weighted by Gasteiger charge is 2.20. The Balaban J connectivity index is 2.29. The van der Waals surface area contributed by atoms with E-state index in [4.69, 9.17) is 15.2 Å². The number of aromatic nitrogens is 1. The van der Waals surface area contributed by atoms with E-state index >= 15 is 0 Å². The molecule has 21 heavy (non-hydrogen) atoms. The van der Waals surface area contributed by atoms with Crippen LogP contribution in [0.25, 0.3) is 0 Å². The topological polar surface area (TPSA) is 57.4 Å². The molecule has 4 heteroatoms. The summed E-state index contributed by atoms with van der Waals surface area (Å²) in [6, 6.07) is 9.66. The van der Waals surface area contributed by atoms with Crippen LogP contribution in [0.4, 0.5) is 0 Å². The first kappa shape index (κ1) is 15.3. The first-order valence-corrected chi connectivity index (χ1v) is 7.14. The Morgan fingerprint density at radius 2 is 2.05 bits per heavy atom. The van der Waals surface area contributed by atoms with E-state index in [9.17, 15) is 0 Å². The van der Waals surface area contributed by atoms with Crippen LogP contribution in [0.5, 0.6) is 11.5 Å². The van der Waals surface area contributed by atoms with Gasteiger partial charge in [-0.3, -0.25) is 4.98 Å². The van der Waals surface area contributed by atoms with E-state index in [1.165, 1.54) is 5.56 Å². The summed E-state index contributed by atoms with van der Waals surface area (Å²) in [5.41, 5.74) is 8.23. The van der Waals surface area contributed by atoms with E-state index in [-0.39, 0.29) is 12.1 Å². The summed E-state index contributed by atoms with van der Waals surface area (Å²) in [5, 5.41) is 0. The molecule has 0 aliphatic carbocycles. The lowest BCUT2D eigenvalue weighted by atomic mass is 10.1. The molecule has 0 aliphatic rings. The summed E-state index contributed by atoms with van der Waals surface area (Å²) < 4.78 is 11.5. The minimum absolute atomic E-state index is 0.162. The van der Waals surface area contributed by atoms with Crippen LogP contribution in [0.3, 0.4) is 0 Å². The lowest BCUT2D eigenvalue weighted by Crippen LogP contribution is -2.29. The number of hydrogen-bond donors (Lipinski definition) is 1. The van der Waals surface area contributed by atoms with Gasteiger partial charge >= 0.3 is 0 Å². The molecule has 0 spiro atoms. The molecule has 2 atom stereocenters. The van der Waals surface area contributed by atoms with Crippen molar-refractivity contribution in [3.63, 3.8) is 0 Å². The van der Waals surface area contributed by atoms with Gasteiger partial charge < -0.3 is 15.2 Å². The van der Waals surface area contributed by atoms with Gasteiger partial charge in [-0.15, -0.1) is 0 Å². The zero-order valence-electron chi connectivity index (χ0n) is 12.7. The van der Waals surface area contributed by atoms with Crippen molar-refractivity contribution in [2.75, 3.05) is 7.11 Å². The van der Waals surface area contributed by atoms with Crippen molar-refractivity contribution in [2.45, 2.75) is 32.4 Å². The Hall–Kier alpha value is -2.07. The van der Waals surface area contributed by atoms with Crippen LogP contribution in [0.1, 0.15) is 31.1 Å². The van der Waals surface area contributed by atoms with Crippen LogP contribution in [0.2, 0.25) is 0 Å². The van der Waals surface area contributed by atoms with Gasteiger partial charge in [0.2, 0.25) is 0 Å². The molecule has 2 rings (SSSR count). The van der Waals surface area contributed by atoms with Gasteiger partial charge in [-0.05, 0) is 37.1 Å². The average Bonchev–Trinajstić information content (AvgIpc) is 2.53. The van der Waals surface area contributed by atoms with Crippen molar-refractivity contribution < 1.29 is 9.47 Å². The number of rotatable bonds is 6. The number of nitrogens with two attached hydrogens (primary N) is 1. The first-order chi connectivity index (χ1) is 10.2. The fraction of sp³-hybridized carbons (Fsp3) is 0.353. The quantitative estimate of drug-likeness (QED) is 0.886. The molecule has 112 valence electrons. The molecule has 0 saturated heterocycles. The number of aryl methyl sites for hydroxylation is 1. The van der Waals surface area contributed by atoms with Crippen LogP contribution >= 0.6 is 0 Å². The average molecular weight is 286 g/mol. The molecule has 1 heterocycles. The summed E-state index contributed by atoms with van der Waals surface area (Å²) in [6.45, 7) is 4.03. The van der Waals surface area contributed by atoms with Crippen molar-refractivity contribution >= 4 is 0 Å². The molecule has 2 unspecified atom stereocenters. The van der Waals surface area contributed by atoms with Crippen molar-refractivity contribution in [3.05, 3.63) is 53.9 Å². The molecule has 2 N–H and O–H groups in total. The van der Waals surface area contributed by atoms with Gasteiger partial charge in [0.15, 0.2) is 11.5 Å². The first-order valence-electron chi connectivity index (χ1n) is 7.14. The molecule has 0 fully saturated rings. The number of ether oxygens (including phenoxy) is 2. The highest BCUT2D eigenvalue weighted by Crippen LogP contribution is 2.33. The summed E-state index contributed by atoms with van der Waals surface area (Å²) in [6.07, 6.45) is 4.20. The molecular weight excluding hydrogens is 264 g/mol. The molecule has 0 saturated carbocycles. The monoisotopic (exact) mass is 286 g/mol. The molecule has 0 radical (unpaired) electrons. The number of pyridine rings is 1. The Bertz CT molecular complexity index is 570. The van der Waals surface area contributed by atoms with Crippen molar-refractivity contribution in [3.8, 4) is 11.5 Å². The van der Waals surface area contributed by atoms with E-state index in [1.807, 2.05) is 37.3 Å². The molecular formula is C17H22N2O2. The maximum atomic E-state index is 6.09. The molecule has 0 bridgehead atoms. The van der Waals surface area contributed by atoms with Gasteiger partial charge in [-0.25, -0.2) is 0 Å². The third kappa shape index (κ3) is 3.73. The van der Waals surface area contributed by atoms with Crippen LogP contribution in [0.15, 0.2) is 42.7 Å². The fourth-order valence-corrected chi connectivity index (χ4v) is 2.19. The smallest absolute Gasteiger partial charge is 0.162 e. The molecule has 1 aromatic carbocycles. The molecule has 1 aromatic heterocycles. The predicted molar refractivity (Wildman–Crippen MR) is 83.6 cm³/mol. The fourth-order valence-electron chi connectivity index (χ4n) is 2.19. The predicted octanol–water partition coefficient (Wildman–Crippen LogP) is 3.12. The van der Waals surface area contributed by atoms with Gasteiger partial charge in [0, 0.05) is 24.0 Å². The Labute approximate surface area is 125 Å². The Morgan fingerprint density at radius 1 is 1.24 bits per heavy atom. The van der Waals surface area contributed by atoms with Crippen LogP contribution < -0.4 is 15.2 Å². The molecule has 4 nitrogen and oxygen atoms in total. The van der Waals surface area contributed by atoms with Crippen LogP contribution in [0, 0.1) is 0 Å². The third-order valence-corrected chi connectivity index (χ3v) is 3.38. The lowest BCUT2D eigenvalue weighted by Gasteiger charge is -2.24. The third-order valence-electron chi connectivity index (χ3n) is 3.38. The Morgan fingerprint density at radius 3 is 2.62 bits per heavy atom. The molecule has 2 aromatic rings. The van der Waals surface area contributed by atoms with Gasteiger partial charge in [0.25, 0.3) is 0 Å². The minimum Gasteiger partial charge on any atom is -0.493 e. The summed E-state index contributed by atoms with van der Waals surface area (Å²) in [4.78, 5) is 4.13. The van der Waals surface area contributed by atoms with Crippen molar-refractivity contribution in [2.24, 2.45) is 5.73 Å².